The van der Waals surface area contributed by atoms with E-state index in [0.717, 1.165) is 18.4 Å². The van der Waals surface area contributed by atoms with Gasteiger partial charge >= 0.3 is 5.69 Å². The summed E-state index contributed by atoms with van der Waals surface area (Å²) in [5, 5.41) is 18.6. The number of hydrogen-bond donors (Lipinski definition) is 4. The monoisotopic (exact) mass is 427 g/mol. The van der Waals surface area contributed by atoms with Gasteiger partial charge in [0.25, 0.3) is 5.91 Å². The second-order valence-corrected chi connectivity index (χ2v) is 9.21. The van der Waals surface area contributed by atoms with Gasteiger partial charge in [-0.05, 0) is 59.1 Å². The van der Waals surface area contributed by atoms with Crippen LogP contribution >= 0.6 is 0 Å². The number of piperidine rings is 1. The van der Waals surface area contributed by atoms with E-state index in [1.807, 2.05) is 19.1 Å². The fraction of sp³-hybridized carbons (Fsp3) is 0.476. The summed E-state index contributed by atoms with van der Waals surface area (Å²) >= 11 is 0. The van der Waals surface area contributed by atoms with E-state index in [1.54, 1.807) is 12.1 Å². The van der Waals surface area contributed by atoms with Gasteiger partial charge in [0.05, 0.1) is 4.92 Å². The van der Waals surface area contributed by atoms with Crippen molar-refractivity contribution in [1.82, 2.24) is 20.7 Å². The lowest BCUT2D eigenvalue weighted by Gasteiger charge is -2.46. The molecule has 1 aliphatic heterocycles. The van der Waals surface area contributed by atoms with Crippen LogP contribution < -0.4 is 21.5 Å². The van der Waals surface area contributed by atoms with Crippen molar-refractivity contribution in [2.24, 2.45) is 0 Å². The summed E-state index contributed by atoms with van der Waals surface area (Å²) in [7, 11) is 0. The summed E-state index contributed by atoms with van der Waals surface area (Å²) in [5.41, 5.74) is 5.74. The Labute approximate surface area is 181 Å². The maximum absolute atomic E-state index is 12.5. The van der Waals surface area contributed by atoms with Crippen LogP contribution in [0, 0.1) is 17.0 Å². The average Bonchev–Trinajstić information content (AvgIpc) is 2.63. The van der Waals surface area contributed by atoms with Crippen molar-refractivity contribution in [3.05, 3.63) is 51.8 Å². The molecule has 0 saturated carbocycles. The van der Waals surface area contributed by atoms with Crippen LogP contribution in [0.4, 0.5) is 17.3 Å². The lowest BCUT2D eigenvalue weighted by Crippen LogP contribution is -2.60. The Hall–Kier alpha value is -3.27. The van der Waals surface area contributed by atoms with E-state index in [1.165, 1.54) is 6.33 Å². The normalized spacial score (nSPS) is 17.6. The maximum Gasteiger partial charge on any atom is 0.354 e. The molecule has 2 heterocycles. The zero-order valence-corrected chi connectivity index (χ0v) is 18.4. The zero-order chi connectivity index (χ0) is 22.8. The van der Waals surface area contributed by atoms with Crippen LogP contribution in [0.2, 0.25) is 0 Å². The molecule has 0 atom stereocenters. The highest BCUT2D eigenvalue weighted by Crippen LogP contribution is 2.34. The number of anilines is 2. The summed E-state index contributed by atoms with van der Waals surface area (Å²) in [4.78, 5) is 31.8. The van der Waals surface area contributed by atoms with E-state index in [4.69, 9.17) is 0 Å². The molecule has 10 heteroatoms. The first-order valence-corrected chi connectivity index (χ1v) is 10.1. The van der Waals surface area contributed by atoms with Gasteiger partial charge in [-0.3, -0.25) is 25.8 Å². The Morgan fingerprint density at radius 2 is 1.74 bits per heavy atom. The van der Waals surface area contributed by atoms with Crippen LogP contribution in [0.3, 0.4) is 0 Å². The van der Waals surface area contributed by atoms with Crippen molar-refractivity contribution >= 4 is 23.2 Å². The van der Waals surface area contributed by atoms with Crippen molar-refractivity contribution in [3.8, 4) is 0 Å². The molecule has 1 fully saturated rings. The predicted molar refractivity (Wildman–Crippen MR) is 119 cm³/mol. The molecular weight excluding hydrogens is 398 g/mol. The molecule has 0 aliphatic carbocycles. The first-order valence-electron chi connectivity index (χ1n) is 10.1. The number of hydrogen-bond acceptors (Lipinski definition) is 8. The number of aryl methyl sites for hydroxylation is 1. The van der Waals surface area contributed by atoms with Gasteiger partial charge < -0.3 is 10.6 Å². The van der Waals surface area contributed by atoms with Crippen LogP contribution in [0.1, 0.15) is 56.5 Å². The highest BCUT2D eigenvalue weighted by atomic mass is 16.6. The minimum Gasteiger partial charge on any atom is -0.361 e. The number of hydrazine groups is 1. The van der Waals surface area contributed by atoms with Crippen LogP contribution in [-0.2, 0) is 0 Å². The Bertz CT molecular complexity index is 975. The van der Waals surface area contributed by atoms with Crippen molar-refractivity contribution in [2.45, 2.75) is 64.6 Å². The number of rotatable bonds is 6. The van der Waals surface area contributed by atoms with Gasteiger partial charge in [0.2, 0.25) is 11.6 Å². The summed E-state index contributed by atoms with van der Waals surface area (Å²) in [6, 6.07) is 7.05. The fourth-order valence-electron chi connectivity index (χ4n) is 4.38. The predicted octanol–water partition coefficient (Wildman–Crippen LogP) is 3.17. The quantitative estimate of drug-likeness (QED) is 0.408. The lowest BCUT2D eigenvalue weighted by atomic mass is 9.79. The average molecular weight is 428 g/mol. The smallest absolute Gasteiger partial charge is 0.354 e. The number of nitro groups is 1. The molecule has 3 rings (SSSR count). The highest BCUT2D eigenvalue weighted by molar-refractivity contribution is 5.96. The van der Waals surface area contributed by atoms with E-state index in [-0.39, 0.29) is 34.4 Å². The summed E-state index contributed by atoms with van der Waals surface area (Å²) in [6.45, 7) is 10.2. The van der Waals surface area contributed by atoms with Gasteiger partial charge in [0.1, 0.15) is 6.33 Å². The van der Waals surface area contributed by atoms with E-state index in [2.05, 4.69) is 59.1 Å². The molecule has 0 unspecified atom stereocenters. The fourth-order valence-corrected chi connectivity index (χ4v) is 4.38. The number of carbonyl (C=O) groups excluding carboxylic acids is 1. The standard InChI is InChI=1S/C21H29N7O3/c1-13-8-6-7-9-15(13)19(29)26-25-18-16(28(30)31)17(22-12-23-18)24-14-10-20(2,3)27-21(4,5)11-14/h6-9,12,14,27H,10-11H2,1-5H3,(H,26,29)(H2,22,23,24,25). The largest absolute Gasteiger partial charge is 0.361 e. The van der Waals surface area contributed by atoms with Gasteiger partial charge in [-0.15, -0.1) is 0 Å². The number of amides is 1. The SMILES string of the molecule is Cc1ccccc1C(=O)NNc1ncnc(NC2CC(C)(C)NC(C)(C)C2)c1[N+](=O)[O-]. The number of aromatic nitrogens is 2. The summed E-state index contributed by atoms with van der Waals surface area (Å²) in [5.74, 6) is -0.384. The molecule has 2 aromatic rings. The summed E-state index contributed by atoms with van der Waals surface area (Å²) in [6.07, 6.45) is 2.77. The molecule has 0 bridgehead atoms. The third-order valence-corrected chi connectivity index (χ3v) is 5.22. The van der Waals surface area contributed by atoms with E-state index < -0.39 is 10.8 Å². The van der Waals surface area contributed by atoms with Gasteiger partial charge in [0, 0.05) is 22.7 Å². The second kappa shape index (κ2) is 8.46. The van der Waals surface area contributed by atoms with Gasteiger partial charge in [-0.1, -0.05) is 18.2 Å². The van der Waals surface area contributed by atoms with Crippen LogP contribution in [0.15, 0.2) is 30.6 Å². The third kappa shape index (κ3) is 5.46. The first-order chi connectivity index (χ1) is 14.5. The van der Waals surface area contributed by atoms with Crippen LogP contribution in [0.5, 0.6) is 0 Å². The van der Waals surface area contributed by atoms with Crippen molar-refractivity contribution in [2.75, 3.05) is 10.7 Å². The second-order valence-electron chi connectivity index (χ2n) is 9.21. The number of nitrogens with zero attached hydrogens (tertiary/aromatic N) is 3. The minimum atomic E-state index is -0.554. The molecule has 1 aromatic heterocycles. The molecule has 31 heavy (non-hydrogen) atoms. The third-order valence-electron chi connectivity index (χ3n) is 5.22. The summed E-state index contributed by atoms with van der Waals surface area (Å²) < 4.78 is 0. The molecule has 0 spiro atoms. The number of benzene rings is 1. The molecular formula is C21H29N7O3. The lowest BCUT2D eigenvalue weighted by molar-refractivity contribution is -0.383. The molecule has 1 aliphatic rings. The Morgan fingerprint density at radius 3 is 2.35 bits per heavy atom. The maximum atomic E-state index is 12.5. The van der Waals surface area contributed by atoms with Crippen molar-refractivity contribution < 1.29 is 9.72 Å². The Balaban J connectivity index is 1.80. The van der Waals surface area contributed by atoms with E-state index >= 15 is 0 Å². The van der Waals surface area contributed by atoms with Gasteiger partial charge in [-0.25, -0.2) is 9.97 Å². The molecule has 10 nitrogen and oxygen atoms in total. The van der Waals surface area contributed by atoms with Gasteiger partial charge in [-0.2, -0.15) is 0 Å². The van der Waals surface area contributed by atoms with Crippen LogP contribution in [-0.4, -0.2) is 37.9 Å². The van der Waals surface area contributed by atoms with Gasteiger partial charge in [0.15, 0.2) is 0 Å². The minimum absolute atomic E-state index is 0.0192. The van der Waals surface area contributed by atoms with Crippen molar-refractivity contribution in [3.63, 3.8) is 0 Å². The highest BCUT2D eigenvalue weighted by Gasteiger charge is 2.38. The molecule has 166 valence electrons. The molecule has 1 saturated heterocycles. The van der Waals surface area contributed by atoms with Crippen molar-refractivity contribution in [1.29, 1.82) is 0 Å². The number of carbonyl (C=O) groups is 1. The molecule has 1 aromatic carbocycles. The molecule has 0 radical (unpaired) electrons. The van der Waals surface area contributed by atoms with E-state index in [9.17, 15) is 14.9 Å². The van der Waals surface area contributed by atoms with E-state index in [0.29, 0.717) is 5.56 Å². The Kier molecular flexibility index (Phi) is 6.12. The van der Waals surface area contributed by atoms with Crippen LogP contribution in [0.25, 0.3) is 0 Å². The molecule has 1 amide bonds. The first kappa shape index (κ1) is 22.4. The molecule has 4 N–H and O–H groups in total. The Morgan fingerprint density at radius 1 is 1.13 bits per heavy atom. The topological polar surface area (TPSA) is 134 Å². The number of nitrogens with one attached hydrogen (secondary N) is 4. The zero-order valence-electron chi connectivity index (χ0n) is 18.4.